The summed E-state index contributed by atoms with van der Waals surface area (Å²) in [5.74, 6) is 0.857. The van der Waals surface area contributed by atoms with Crippen LogP contribution in [-0.4, -0.2) is 22.7 Å². The lowest BCUT2D eigenvalue weighted by molar-refractivity contribution is -0.137. The van der Waals surface area contributed by atoms with Gasteiger partial charge in [0.1, 0.15) is 17.0 Å². The fourth-order valence-corrected chi connectivity index (χ4v) is 4.72. The van der Waals surface area contributed by atoms with Crippen LogP contribution >= 0.6 is 0 Å². The number of aromatic nitrogens is 1. The molecule has 0 aliphatic carbocycles. The molecule has 2 aromatic carbocycles. The van der Waals surface area contributed by atoms with Gasteiger partial charge in [-0.2, -0.15) is 0 Å². The van der Waals surface area contributed by atoms with Gasteiger partial charge in [0.15, 0.2) is 5.58 Å². The second-order valence-electron chi connectivity index (χ2n) is 8.45. The largest absolute Gasteiger partial charge is 0.493 e. The van der Waals surface area contributed by atoms with Crippen LogP contribution in [0.1, 0.15) is 40.4 Å². The first kappa shape index (κ1) is 20.3. The third-order valence-corrected chi connectivity index (χ3v) is 6.40. The number of hydrogen-bond donors (Lipinski definition) is 1. The number of aliphatic carboxylic acids is 1. The number of carboxylic acid groups (broad SMARTS) is 1. The average molecular weight is 428 g/mol. The molecule has 0 fully saturated rings. The van der Waals surface area contributed by atoms with Gasteiger partial charge in [-0.05, 0) is 67.1 Å². The Bertz CT molecular complexity index is 1320. The average Bonchev–Trinajstić information content (AvgIpc) is 3.32. The Morgan fingerprint density at radius 1 is 1.12 bits per heavy atom. The summed E-state index contributed by atoms with van der Waals surface area (Å²) in [5, 5.41) is 9.09. The molecule has 162 valence electrons. The van der Waals surface area contributed by atoms with Crippen molar-refractivity contribution >= 4 is 17.1 Å². The highest BCUT2D eigenvalue weighted by atomic mass is 16.5. The second-order valence-corrected chi connectivity index (χ2v) is 8.45. The Hall–Kier alpha value is -3.60. The van der Waals surface area contributed by atoms with E-state index in [9.17, 15) is 4.79 Å². The summed E-state index contributed by atoms with van der Waals surface area (Å²) in [6, 6.07) is 16.4. The molecule has 0 bridgehead atoms. The fourth-order valence-electron chi connectivity index (χ4n) is 4.72. The molecule has 5 nitrogen and oxygen atoms in total. The number of carboxylic acids is 1. The van der Waals surface area contributed by atoms with E-state index in [0.717, 1.165) is 52.1 Å². The van der Waals surface area contributed by atoms with E-state index in [2.05, 4.69) is 42.2 Å². The Kier molecular flexibility index (Phi) is 5.17. The number of furan rings is 1. The zero-order valence-electron chi connectivity index (χ0n) is 18.2. The lowest BCUT2D eigenvalue weighted by atomic mass is 9.92. The van der Waals surface area contributed by atoms with Crippen molar-refractivity contribution in [3.8, 4) is 16.9 Å². The molecular weight excluding hydrogens is 402 g/mol. The van der Waals surface area contributed by atoms with Gasteiger partial charge in [0.05, 0.1) is 13.0 Å². The normalized spacial score (nSPS) is 15.0. The van der Waals surface area contributed by atoms with Gasteiger partial charge in [0.2, 0.25) is 0 Å². The van der Waals surface area contributed by atoms with Crippen LogP contribution < -0.4 is 4.74 Å². The summed E-state index contributed by atoms with van der Waals surface area (Å²) in [6.07, 6.45) is 3.69. The van der Waals surface area contributed by atoms with E-state index in [1.165, 1.54) is 16.7 Å². The highest BCUT2D eigenvalue weighted by Crippen LogP contribution is 2.38. The summed E-state index contributed by atoms with van der Waals surface area (Å²) in [6.45, 7) is 4.59. The van der Waals surface area contributed by atoms with Gasteiger partial charge < -0.3 is 14.3 Å². The number of nitrogens with zero attached hydrogens (tertiary/aromatic N) is 1. The molecule has 0 spiro atoms. The molecule has 4 aromatic rings. The number of benzene rings is 2. The monoisotopic (exact) mass is 427 g/mol. The van der Waals surface area contributed by atoms with Crippen molar-refractivity contribution in [2.24, 2.45) is 0 Å². The molecule has 1 N–H and O–H groups in total. The molecule has 5 heteroatoms. The number of ether oxygens (including phenoxy) is 1. The minimum atomic E-state index is -0.790. The number of fused-ring (bicyclic) bond motifs is 2. The van der Waals surface area contributed by atoms with Crippen LogP contribution in [-0.2, 0) is 17.6 Å². The maximum atomic E-state index is 11.1. The molecule has 0 unspecified atom stereocenters. The topological polar surface area (TPSA) is 72.6 Å². The molecule has 0 amide bonds. The quantitative estimate of drug-likeness (QED) is 0.418. The lowest BCUT2D eigenvalue weighted by Crippen LogP contribution is -2.07. The summed E-state index contributed by atoms with van der Waals surface area (Å²) in [4.78, 5) is 15.6. The van der Waals surface area contributed by atoms with Crippen molar-refractivity contribution in [2.75, 3.05) is 6.61 Å². The van der Waals surface area contributed by atoms with Crippen molar-refractivity contribution in [1.29, 1.82) is 0 Å². The zero-order valence-corrected chi connectivity index (χ0v) is 18.2. The zero-order chi connectivity index (χ0) is 22.2. The Labute approximate surface area is 186 Å². The smallest absolute Gasteiger partial charge is 0.304 e. The van der Waals surface area contributed by atoms with Gasteiger partial charge in [-0.25, -0.2) is 0 Å². The standard InChI is InChI=1S/C27H25NO4/c1-16-19(5-3-6-21(16)26-17(2)32-23-7-4-12-28-27(23)26)10-8-18-9-11-22-20(14-25(29)30)15-31-24(22)13-18/h3-7,9,11-13,20H,8,10,14-15H2,1-2H3,(H,29,30)/t20-/m1/s1. The molecule has 0 saturated carbocycles. The summed E-state index contributed by atoms with van der Waals surface area (Å²) in [7, 11) is 0. The van der Waals surface area contributed by atoms with Crippen LogP contribution in [0.25, 0.3) is 22.2 Å². The van der Waals surface area contributed by atoms with Crippen molar-refractivity contribution in [3.63, 3.8) is 0 Å². The second kappa shape index (κ2) is 8.15. The van der Waals surface area contributed by atoms with E-state index in [0.29, 0.717) is 6.61 Å². The summed E-state index contributed by atoms with van der Waals surface area (Å²) < 4.78 is 11.7. The number of rotatable bonds is 6. The predicted molar refractivity (Wildman–Crippen MR) is 123 cm³/mol. The number of aryl methyl sites for hydroxylation is 3. The van der Waals surface area contributed by atoms with Crippen LogP contribution in [0, 0.1) is 13.8 Å². The molecule has 0 saturated heterocycles. The van der Waals surface area contributed by atoms with Gasteiger partial charge in [0.25, 0.3) is 0 Å². The van der Waals surface area contributed by atoms with Gasteiger partial charge in [-0.15, -0.1) is 0 Å². The van der Waals surface area contributed by atoms with Crippen molar-refractivity contribution in [1.82, 2.24) is 4.98 Å². The highest BCUT2D eigenvalue weighted by Gasteiger charge is 2.26. The van der Waals surface area contributed by atoms with Crippen molar-refractivity contribution < 1.29 is 19.1 Å². The minimum Gasteiger partial charge on any atom is -0.493 e. The summed E-state index contributed by atoms with van der Waals surface area (Å²) in [5.41, 5.74) is 8.66. The predicted octanol–water partition coefficient (Wildman–Crippen LogP) is 5.85. The molecule has 0 radical (unpaired) electrons. The third kappa shape index (κ3) is 3.64. The maximum Gasteiger partial charge on any atom is 0.304 e. The Balaban J connectivity index is 1.39. The number of carbonyl (C=O) groups is 1. The number of pyridine rings is 1. The van der Waals surface area contributed by atoms with Crippen LogP contribution in [0.5, 0.6) is 5.75 Å². The number of hydrogen-bond acceptors (Lipinski definition) is 4. The van der Waals surface area contributed by atoms with Crippen LogP contribution in [0.3, 0.4) is 0 Å². The molecular formula is C27H25NO4. The summed E-state index contributed by atoms with van der Waals surface area (Å²) >= 11 is 0. The lowest BCUT2D eigenvalue weighted by Gasteiger charge is -2.12. The van der Waals surface area contributed by atoms with E-state index in [1.54, 1.807) is 6.20 Å². The maximum absolute atomic E-state index is 11.1. The molecule has 32 heavy (non-hydrogen) atoms. The third-order valence-electron chi connectivity index (χ3n) is 6.40. The van der Waals surface area contributed by atoms with Gasteiger partial charge in [-0.3, -0.25) is 9.78 Å². The Morgan fingerprint density at radius 3 is 2.84 bits per heavy atom. The van der Waals surface area contributed by atoms with Crippen molar-refractivity contribution in [3.05, 3.63) is 82.7 Å². The van der Waals surface area contributed by atoms with Crippen molar-refractivity contribution in [2.45, 2.75) is 39.0 Å². The molecule has 2 aromatic heterocycles. The van der Waals surface area contributed by atoms with E-state index in [-0.39, 0.29) is 12.3 Å². The fraction of sp³-hybridized carbons (Fsp3) is 0.259. The van der Waals surface area contributed by atoms with E-state index in [4.69, 9.17) is 14.3 Å². The molecule has 3 heterocycles. The first-order chi connectivity index (χ1) is 15.5. The van der Waals surface area contributed by atoms with Crippen LogP contribution in [0.15, 0.2) is 59.1 Å². The molecule has 1 atom stereocenters. The molecule has 5 rings (SSSR count). The first-order valence-corrected chi connectivity index (χ1v) is 10.9. The SMILES string of the molecule is Cc1oc2cccnc2c1-c1cccc(CCc2ccc3c(c2)OC[C@H]3CC(=O)O)c1C. The van der Waals surface area contributed by atoms with Gasteiger partial charge in [-0.1, -0.05) is 30.3 Å². The minimum absolute atomic E-state index is 0.0582. The van der Waals surface area contributed by atoms with Gasteiger partial charge in [0, 0.05) is 23.2 Å². The van der Waals surface area contributed by atoms with Crippen LogP contribution in [0.4, 0.5) is 0 Å². The Morgan fingerprint density at radius 2 is 2.00 bits per heavy atom. The van der Waals surface area contributed by atoms with Crippen LogP contribution in [0.2, 0.25) is 0 Å². The highest BCUT2D eigenvalue weighted by molar-refractivity contribution is 5.93. The van der Waals surface area contributed by atoms with E-state index < -0.39 is 5.97 Å². The molecule has 1 aliphatic heterocycles. The molecule has 1 aliphatic rings. The van der Waals surface area contributed by atoms with E-state index >= 15 is 0 Å². The first-order valence-electron chi connectivity index (χ1n) is 10.9. The van der Waals surface area contributed by atoms with Gasteiger partial charge >= 0.3 is 5.97 Å². The van der Waals surface area contributed by atoms with E-state index in [1.807, 2.05) is 25.1 Å².